The Bertz CT molecular complexity index is 2140. The van der Waals surface area contributed by atoms with E-state index in [9.17, 15) is 0 Å². The lowest BCUT2D eigenvalue weighted by atomic mass is 9.82. The Morgan fingerprint density at radius 3 is 2.13 bits per heavy atom. The van der Waals surface area contributed by atoms with Crippen LogP contribution < -0.4 is 5.19 Å². The van der Waals surface area contributed by atoms with Gasteiger partial charge in [-0.15, -0.1) is 0 Å². The van der Waals surface area contributed by atoms with Crippen molar-refractivity contribution in [2.24, 2.45) is 0 Å². The molecule has 0 fully saturated rings. The van der Waals surface area contributed by atoms with Crippen LogP contribution in [0.2, 0.25) is 19.6 Å². The molecule has 1 aliphatic rings. The van der Waals surface area contributed by atoms with Gasteiger partial charge in [0.25, 0.3) is 0 Å². The summed E-state index contributed by atoms with van der Waals surface area (Å²) < 4.78 is 13.1. The Labute approximate surface area is 228 Å². The molecule has 3 heterocycles. The lowest BCUT2D eigenvalue weighted by Gasteiger charge is -2.21. The molecule has 39 heavy (non-hydrogen) atoms. The van der Waals surface area contributed by atoms with Crippen LogP contribution in [0.25, 0.3) is 66.3 Å². The van der Waals surface area contributed by atoms with Gasteiger partial charge in [-0.2, -0.15) is 0 Å². The number of rotatable bonds is 2. The van der Waals surface area contributed by atoms with Gasteiger partial charge in [-0.05, 0) is 45.6 Å². The Kier molecular flexibility index (Phi) is 4.38. The lowest BCUT2D eigenvalue weighted by molar-refractivity contribution is 0.658. The standard InChI is InChI=1S/C35H29NO2Si/c1-35(2)27-14-7-6-10-20(27)24-17-30-25(16-28(24)35)21-11-8-13-23(33(21)37-30)29-18-31-26(19-36-29)22-12-9-15-32(34(22)38-31)39(3,4)5/h6-19H,1-5H3. The van der Waals surface area contributed by atoms with E-state index in [0.29, 0.717) is 0 Å². The molecule has 0 bridgehead atoms. The predicted octanol–water partition coefficient (Wildman–Crippen LogP) is 9.40. The van der Waals surface area contributed by atoms with Gasteiger partial charge in [0.05, 0.1) is 13.8 Å². The molecule has 0 spiro atoms. The predicted molar refractivity (Wildman–Crippen MR) is 165 cm³/mol. The maximum Gasteiger partial charge on any atom is 0.144 e. The zero-order valence-corrected chi connectivity index (χ0v) is 23.8. The molecular formula is C35H29NO2Si. The third kappa shape index (κ3) is 3.06. The van der Waals surface area contributed by atoms with Crippen LogP contribution in [-0.2, 0) is 5.41 Å². The highest BCUT2D eigenvalue weighted by Crippen LogP contribution is 2.51. The quantitative estimate of drug-likeness (QED) is 0.212. The highest BCUT2D eigenvalue weighted by molar-refractivity contribution is 6.90. The van der Waals surface area contributed by atoms with Gasteiger partial charge in [0.1, 0.15) is 22.3 Å². The Morgan fingerprint density at radius 2 is 1.31 bits per heavy atom. The molecule has 0 saturated heterocycles. The third-order valence-corrected chi connectivity index (χ3v) is 10.7. The van der Waals surface area contributed by atoms with Crippen molar-refractivity contribution in [3.63, 3.8) is 0 Å². The summed E-state index contributed by atoms with van der Waals surface area (Å²) in [4.78, 5) is 4.92. The van der Waals surface area contributed by atoms with E-state index in [-0.39, 0.29) is 5.41 Å². The topological polar surface area (TPSA) is 39.2 Å². The third-order valence-electron chi connectivity index (χ3n) is 8.67. The van der Waals surface area contributed by atoms with E-state index < -0.39 is 8.07 Å². The van der Waals surface area contributed by atoms with Crippen LogP contribution in [0.1, 0.15) is 25.0 Å². The smallest absolute Gasteiger partial charge is 0.144 e. The Hall–Kier alpha value is -4.15. The number of para-hydroxylation sites is 2. The number of furan rings is 2. The van der Waals surface area contributed by atoms with Crippen LogP contribution in [0.3, 0.4) is 0 Å². The maximum atomic E-state index is 6.62. The number of hydrogen-bond donors (Lipinski definition) is 0. The molecule has 0 aliphatic heterocycles. The summed E-state index contributed by atoms with van der Waals surface area (Å²) in [5.74, 6) is 0. The van der Waals surface area contributed by atoms with Gasteiger partial charge in [0.2, 0.25) is 0 Å². The molecule has 8 rings (SSSR count). The minimum atomic E-state index is -1.56. The van der Waals surface area contributed by atoms with Gasteiger partial charge in [0, 0.05) is 44.8 Å². The van der Waals surface area contributed by atoms with Crippen molar-refractivity contribution in [2.75, 3.05) is 0 Å². The molecular weight excluding hydrogens is 494 g/mol. The summed E-state index contributed by atoms with van der Waals surface area (Å²) in [7, 11) is -1.56. The van der Waals surface area contributed by atoms with Crippen LogP contribution in [0.4, 0.5) is 0 Å². The summed E-state index contributed by atoms with van der Waals surface area (Å²) >= 11 is 0. The fraction of sp³-hybridized carbons (Fsp3) is 0.171. The van der Waals surface area contributed by atoms with Crippen LogP contribution in [-0.4, -0.2) is 13.1 Å². The van der Waals surface area contributed by atoms with Crippen molar-refractivity contribution >= 4 is 57.1 Å². The van der Waals surface area contributed by atoms with Crippen molar-refractivity contribution < 1.29 is 8.83 Å². The molecule has 0 unspecified atom stereocenters. The van der Waals surface area contributed by atoms with Crippen LogP contribution in [0.5, 0.6) is 0 Å². The first kappa shape index (κ1) is 22.8. The SMILES string of the molecule is CC1(C)c2ccccc2-c2cc3oc4c(-c5cc6oc7c([Si](C)(C)C)cccc7c6cn5)cccc4c3cc21. The average molecular weight is 524 g/mol. The molecule has 4 heteroatoms. The van der Waals surface area contributed by atoms with Crippen molar-refractivity contribution in [2.45, 2.75) is 38.9 Å². The highest BCUT2D eigenvalue weighted by atomic mass is 28.3. The maximum absolute atomic E-state index is 6.62. The monoisotopic (exact) mass is 523 g/mol. The van der Waals surface area contributed by atoms with Gasteiger partial charge >= 0.3 is 0 Å². The molecule has 3 nitrogen and oxygen atoms in total. The Balaban J connectivity index is 1.34. The van der Waals surface area contributed by atoms with E-state index in [1.165, 1.54) is 27.4 Å². The number of benzene rings is 4. The fourth-order valence-corrected chi connectivity index (χ4v) is 8.09. The van der Waals surface area contributed by atoms with Gasteiger partial charge in [0.15, 0.2) is 0 Å². The van der Waals surface area contributed by atoms with E-state index in [2.05, 4.69) is 112 Å². The minimum Gasteiger partial charge on any atom is -0.456 e. The lowest BCUT2D eigenvalue weighted by Crippen LogP contribution is -2.37. The van der Waals surface area contributed by atoms with Crippen molar-refractivity contribution in [1.29, 1.82) is 0 Å². The van der Waals surface area contributed by atoms with E-state index in [4.69, 9.17) is 13.8 Å². The molecule has 0 atom stereocenters. The summed E-state index contributed by atoms with van der Waals surface area (Å²) in [6.07, 6.45) is 1.96. The van der Waals surface area contributed by atoms with E-state index in [1.807, 2.05) is 6.20 Å². The normalized spacial score (nSPS) is 14.5. The molecule has 3 aromatic heterocycles. The number of fused-ring (bicyclic) bond motifs is 9. The number of nitrogens with zero attached hydrogens (tertiary/aromatic N) is 1. The molecule has 1 aliphatic carbocycles. The second-order valence-corrected chi connectivity index (χ2v) is 17.5. The number of pyridine rings is 1. The van der Waals surface area contributed by atoms with Crippen LogP contribution in [0.15, 0.2) is 93.9 Å². The van der Waals surface area contributed by atoms with Gasteiger partial charge in [-0.1, -0.05) is 88.1 Å². The molecule has 4 aromatic carbocycles. The molecule has 0 N–H and O–H groups in total. The first-order chi connectivity index (χ1) is 18.7. The van der Waals surface area contributed by atoms with Crippen LogP contribution in [0, 0.1) is 0 Å². The number of aromatic nitrogens is 1. The molecule has 0 amide bonds. The van der Waals surface area contributed by atoms with Crippen molar-refractivity contribution in [1.82, 2.24) is 4.98 Å². The fourth-order valence-electron chi connectivity index (χ4n) is 6.62. The van der Waals surface area contributed by atoms with Crippen molar-refractivity contribution in [3.05, 3.63) is 96.2 Å². The second-order valence-electron chi connectivity index (χ2n) is 12.4. The first-order valence-electron chi connectivity index (χ1n) is 13.6. The molecule has 0 saturated carbocycles. The highest BCUT2D eigenvalue weighted by Gasteiger charge is 2.36. The molecule has 190 valence electrons. The molecule has 7 aromatic rings. The van der Waals surface area contributed by atoms with Crippen LogP contribution >= 0.6 is 0 Å². The van der Waals surface area contributed by atoms with Gasteiger partial charge in [-0.3, -0.25) is 4.98 Å². The Morgan fingerprint density at radius 1 is 0.615 bits per heavy atom. The zero-order chi connectivity index (χ0) is 26.7. The van der Waals surface area contributed by atoms with E-state index in [0.717, 1.165) is 55.1 Å². The van der Waals surface area contributed by atoms with Gasteiger partial charge < -0.3 is 8.83 Å². The largest absolute Gasteiger partial charge is 0.456 e. The summed E-state index contributed by atoms with van der Waals surface area (Å²) in [6.45, 7) is 11.7. The summed E-state index contributed by atoms with van der Waals surface area (Å²) in [6, 6.07) is 28.2. The van der Waals surface area contributed by atoms with Crippen molar-refractivity contribution in [3.8, 4) is 22.4 Å². The first-order valence-corrected chi connectivity index (χ1v) is 17.1. The summed E-state index contributed by atoms with van der Waals surface area (Å²) in [5, 5.41) is 5.81. The number of hydrogen-bond acceptors (Lipinski definition) is 3. The molecule has 0 radical (unpaired) electrons. The van der Waals surface area contributed by atoms with E-state index >= 15 is 0 Å². The average Bonchev–Trinajstić information content (AvgIpc) is 3.55. The second kappa shape index (κ2) is 7.49. The minimum absolute atomic E-state index is 0.0516. The van der Waals surface area contributed by atoms with E-state index in [1.54, 1.807) is 0 Å². The van der Waals surface area contributed by atoms with Gasteiger partial charge in [-0.25, -0.2) is 0 Å². The summed E-state index contributed by atoms with van der Waals surface area (Å²) in [5.41, 5.74) is 10.7. The zero-order valence-electron chi connectivity index (χ0n) is 22.8.